The van der Waals surface area contributed by atoms with Crippen molar-refractivity contribution >= 4 is 40.7 Å². The maximum Gasteiger partial charge on any atom is 0.235 e. The number of carbonyl (C=O) groups is 2. The lowest BCUT2D eigenvalue weighted by molar-refractivity contribution is -0.119. The van der Waals surface area contributed by atoms with Crippen molar-refractivity contribution in [1.29, 1.82) is 0 Å². The van der Waals surface area contributed by atoms with Crippen molar-refractivity contribution in [2.24, 2.45) is 0 Å². The van der Waals surface area contributed by atoms with Crippen LogP contribution in [-0.2, 0) is 9.59 Å². The fourth-order valence-electron chi connectivity index (χ4n) is 3.07. The largest absolute Gasteiger partial charge is 0.360 e. The zero-order valence-electron chi connectivity index (χ0n) is 17.9. The number of aryl methyl sites for hydroxylation is 1. The highest BCUT2D eigenvalue weighted by Crippen LogP contribution is 2.28. The third-order valence-corrected chi connectivity index (χ3v) is 6.82. The van der Waals surface area contributed by atoms with Crippen molar-refractivity contribution in [1.82, 2.24) is 10.5 Å². The Balaban J connectivity index is 1.56. The average molecular weight is 458 g/mol. The zero-order valence-corrected chi connectivity index (χ0v) is 19.5. The summed E-state index contributed by atoms with van der Waals surface area (Å²) >= 11 is 2.87. The van der Waals surface area contributed by atoms with Crippen LogP contribution in [0.3, 0.4) is 0 Å². The minimum absolute atomic E-state index is 0.112. The van der Waals surface area contributed by atoms with Gasteiger partial charge in [0.1, 0.15) is 5.76 Å². The van der Waals surface area contributed by atoms with Crippen molar-refractivity contribution < 1.29 is 14.1 Å². The maximum atomic E-state index is 12.6. The molecule has 3 rings (SSSR count). The number of nitrogens with zero attached hydrogens (tertiary/aromatic N) is 1. The molecule has 0 saturated carbocycles. The van der Waals surface area contributed by atoms with E-state index >= 15 is 0 Å². The van der Waals surface area contributed by atoms with Gasteiger partial charge in [0.25, 0.3) is 0 Å². The zero-order chi connectivity index (χ0) is 22.2. The molecule has 2 unspecified atom stereocenters. The summed E-state index contributed by atoms with van der Waals surface area (Å²) in [6.45, 7) is 6.15. The lowest BCUT2D eigenvalue weighted by atomic mass is 9.95. The molecule has 0 radical (unpaired) electrons. The van der Waals surface area contributed by atoms with E-state index in [9.17, 15) is 9.59 Å². The first kappa shape index (κ1) is 23.1. The molecule has 3 aromatic rings. The fraction of sp³-hybridized carbons (Fsp3) is 0.348. The number of thiophene rings is 1. The number of benzene rings is 1. The van der Waals surface area contributed by atoms with E-state index in [0.717, 1.165) is 16.9 Å². The molecular formula is C23H27N3O3S2. The number of hydrogen-bond donors (Lipinski definition) is 2. The van der Waals surface area contributed by atoms with Gasteiger partial charge in [-0.3, -0.25) is 9.59 Å². The van der Waals surface area contributed by atoms with Crippen LogP contribution in [0.4, 0.5) is 5.82 Å². The number of rotatable bonds is 10. The van der Waals surface area contributed by atoms with E-state index in [1.807, 2.05) is 17.5 Å². The van der Waals surface area contributed by atoms with Crippen LogP contribution in [0.1, 0.15) is 54.0 Å². The average Bonchev–Trinajstić information content (AvgIpc) is 3.43. The van der Waals surface area contributed by atoms with Gasteiger partial charge in [-0.05, 0) is 41.8 Å². The Morgan fingerprint density at radius 3 is 2.45 bits per heavy atom. The van der Waals surface area contributed by atoms with Gasteiger partial charge < -0.3 is 15.2 Å². The molecule has 0 saturated heterocycles. The Morgan fingerprint density at radius 1 is 1.13 bits per heavy atom. The molecule has 2 aromatic heterocycles. The molecule has 0 fully saturated rings. The van der Waals surface area contributed by atoms with Crippen LogP contribution >= 0.6 is 23.1 Å². The molecule has 2 amide bonds. The molecule has 6 nitrogen and oxygen atoms in total. The number of anilines is 1. The summed E-state index contributed by atoms with van der Waals surface area (Å²) < 4.78 is 4.92. The van der Waals surface area contributed by atoms with Gasteiger partial charge >= 0.3 is 0 Å². The highest BCUT2D eigenvalue weighted by atomic mass is 32.2. The van der Waals surface area contributed by atoms with Crippen molar-refractivity contribution in [2.45, 2.75) is 39.2 Å². The van der Waals surface area contributed by atoms with Crippen molar-refractivity contribution in [3.63, 3.8) is 0 Å². The Kier molecular flexibility index (Phi) is 8.31. The number of amides is 2. The smallest absolute Gasteiger partial charge is 0.235 e. The van der Waals surface area contributed by atoms with Gasteiger partial charge in [0.2, 0.25) is 11.8 Å². The lowest BCUT2D eigenvalue weighted by Gasteiger charge is -2.19. The second-order valence-electron chi connectivity index (χ2n) is 7.36. The van der Waals surface area contributed by atoms with Crippen LogP contribution in [0.25, 0.3) is 0 Å². The van der Waals surface area contributed by atoms with Crippen LogP contribution in [0.5, 0.6) is 0 Å². The number of aromatic nitrogens is 1. The van der Waals surface area contributed by atoms with Crippen LogP contribution in [0.15, 0.2) is 52.4 Å². The highest BCUT2D eigenvalue weighted by molar-refractivity contribution is 8.00. The number of thioether (sulfide) groups is 1. The third-order valence-electron chi connectivity index (χ3n) is 4.95. The first-order chi connectivity index (χ1) is 15.0. The van der Waals surface area contributed by atoms with Crippen molar-refractivity contribution in [3.05, 3.63) is 69.6 Å². The normalized spacial score (nSPS) is 12.9. The Bertz CT molecular complexity index is 984. The standard InChI is InChI=1S/C23H27N3O3S2/c1-4-15(2)17-7-9-18(10-8-17)23(19-6-5-11-31-19)25-22(28)14-30-13-21(27)24-20-12-16(3)29-26-20/h5-12,15,23H,4,13-14H2,1-3H3,(H,25,28)(H,24,26,27). The summed E-state index contributed by atoms with van der Waals surface area (Å²) in [5.41, 5.74) is 2.35. The van der Waals surface area contributed by atoms with Crippen molar-refractivity contribution in [3.8, 4) is 0 Å². The number of nitrogens with one attached hydrogen (secondary N) is 2. The van der Waals surface area contributed by atoms with E-state index in [0.29, 0.717) is 17.5 Å². The quantitative estimate of drug-likeness (QED) is 0.441. The molecular weight excluding hydrogens is 430 g/mol. The van der Waals surface area contributed by atoms with Crippen LogP contribution in [-0.4, -0.2) is 28.5 Å². The van der Waals surface area contributed by atoms with E-state index < -0.39 is 0 Å². The van der Waals surface area contributed by atoms with Gasteiger partial charge in [-0.25, -0.2) is 0 Å². The molecule has 8 heteroatoms. The van der Waals surface area contributed by atoms with Crippen LogP contribution in [0.2, 0.25) is 0 Å². The second-order valence-corrected chi connectivity index (χ2v) is 9.32. The predicted molar refractivity (Wildman–Crippen MR) is 127 cm³/mol. The van der Waals surface area contributed by atoms with E-state index in [4.69, 9.17) is 4.52 Å². The highest BCUT2D eigenvalue weighted by Gasteiger charge is 2.19. The summed E-state index contributed by atoms with van der Waals surface area (Å²) in [7, 11) is 0. The predicted octanol–water partition coefficient (Wildman–Crippen LogP) is 5.14. The van der Waals surface area contributed by atoms with Crippen LogP contribution < -0.4 is 10.6 Å². The van der Waals surface area contributed by atoms with Crippen molar-refractivity contribution in [2.75, 3.05) is 16.8 Å². The molecule has 0 aliphatic rings. The second kappa shape index (κ2) is 11.2. The minimum atomic E-state index is -0.221. The molecule has 0 spiro atoms. The summed E-state index contributed by atoms with van der Waals surface area (Å²) in [5.74, 6) is 1.53. The Hall–Kier alpha value is -2.58. The van der Waals surface area contributed by atoms with Gasteiger partial charge in [-0.15, -0.1) is 23.1 Å². The minimum Gasteiger partial charge on any atom is -0.360 e. The lowest BCUT2D eigenvalue weighted by Crippen LogP contribution is -2.30. The topological polar surface area (TPSA) is 84.2 Å². The molecule has 31 heavy (non-hydrogen) atoms. The first-order valence-electron chi connectivity index (χ1n) is 10.2. The van der Waals surface area contributed by atoms with E-state index in [1.165, 1.54) is 17.3 Å². The molecule has 164 valence electrons. The SMILES string of the molecule is CCC(C)c1ccc(C(NC(=O)CSCC(=O)Nc2cc(C)on2)c2cccs2)cc1. The van der Waals surface area contributed by atoms with E-state index in [1.54, 1.807) is 24.3 Å². The monoisotopic (exact) mass is 457 g/mol. The summed E-state index contributed by atoms with van der Waals surface area (Å²) in [4.78, 5) is 25.7. The van der Waals surface area contributed by atoms with Gasteiger partial charge in [0.15, 0.2) is 5.82 Å². The molecule has 0 aliphatic carbocycles. The number of carbonyl (C=O) groups excluding carboxylic acids is 2. The first-order valence-corrected chi connectivity index (χ1v) is 12.2. The fourth-order valence-corrected chi connectivity index (χ4v) is 4.50. The summed E-state index contributed by atoms with van der Waals surface area (Å²) in [6.07, 6.45) is 1.09. The molecule has 2 heterocycles. The Labute approximate surface area is 190 Å². The van der Waals surface area contributed by atoms with Gasteiger partial charge in [-0.1, -0.05) is 49.3 Å². The summed E-state index contributed by atoms with van der Waals surface area (Å²) in [5, 5.41) is 11.5. The van der Waals surface area contributed by atoms with Crippen LogP contribution in [0, 0.1) is 6.92 Å². The molecule has 2 atom stereocenters. The molecule has 0 aliphatic heterocycles. The Morgan fingerprint density at radius 2 is 1.84 bits per heavy atom. The van der Waals surface area contributed by atoms with Gasteiger partial charge in [-0.2, -0.15) is 0 Å². The van der Waals surface area contributed by atoms with E-state index in [2.05, 4.69) is 53.9 Å². The maximum absolute atomic E-state index is 12.6. The third kappa shape index (κ3) is 6.70. The summed E-state index contributed by atoms with van der Waals surface area (Å²) in [6, 6.07) is 13.9. The van der Waals surface area contributed by atoms with Gasteiger partial charge in [0, 0.05) is 10.9 Å². The van der Waals surface area contributed by atoms with Gasteiger partial charge in [0.05, 0.1) is 17.5 Å². The molecule has 0 bridgehead atoms. The van der Waals surface area contributed by atoms with E-state index in [-0.39, 0.29) is 29.4 Å². The molecule has 1 aromatic carbocycles. The molecule has 2 N–H and O–H groups in total. The number of hydrogen-bond acceptors (Lipinski definition) is 6.